The summed E-state index contributed by atoms with van der Waals surface area (Å²) in [7, 11) is 0. The lowest BCUT2D eigenvalue weighted by atomic mass is 10.5. The topological polar surface area (TPSA) is 17.3 Å². The summed E-state index contributed by atoms with van der Waals surface area (Å²) in [5, 5.41) is 0. The van der Waals surface area contributed by atoms with Crippen molar-refractivity contribution in [2.75, 3.05) is 0 Å². The van der Waals surface area contributed by atoms with Crippen LogP contribution in [-0.4, -0.2) is 9.38 Å². The van der Waals surface area contributed by atoms with Crippen LogP contribution in [0, 0.1) is 3.57 Å². The van der Waals surface area contributed by atoms with Gasteiger partial charge in [0.15, 0.2) is 0 Å². The standard InChI is InChI=1S/C7H4BrIN2/c8-6-4-11-3-5(9)1-2-7(11)10-6/h1-4H. The average molecular weight is 323 g/mol. The van der Waals surface area contributed by atoms with Crippen molar-refractivity contribution in [1.29, 1.82) is 0 Å². The van der Waals surface area contributed by atoms with Crippen LogP contribution < -0.4 is 0 Å². The molecule has 0 fully saturated rings. The van der Waals surface area contributed by atoms with Gasteiger partial charge in [0, 0.05) is 16.0 Å². The Hall–Kier alpha value is -0.100. The highest BCUT2D eigenvalue weighted by Crippen LogP contribution is 2.12. The summed E-state index contributed by atoms with van der Waals surface area (Å²) in [4.78, 5) is 4.23. The number of nitrogens with zero attached hydrogens (tertiary/aromatic N) is 2. The summed E-state index contributed by atoms with van der Waals surface area (Å²) < 4.78 is 4.07. The fourth-order valence-electron chi connectivity index (χ4n) is 0.934. The molecule has 11 heavy (non-hydrogen) atoms. The van der Waals surface area contributed by atoms with Gasteiger partial charge in [0.2, 0.25) is 0 Å². The van der Waals surface area contributed by atoms with Gasteiger partial charge in [0.25, 0.3) is 0 Å². The SMILES string of the molecule is Brc1cn2cc(I)ccc2n1. The van der Waals surface area contributed by atoms with Crippen molar-refractivity contribution in [3.8, 4) is 0 Å². The van der Waals surface area contributed by atoms with Gasteiger partial charge in [-0.05, 0) is 50.7 Å². The summed E-state index contributed by atoms with van der Waals surface area (Å²) in [6.07, 6.45) is 3.98. The molecule has 56 valence electrons. The van der Waals surface area contributed by atoms with Gasteiger partial charge in [0.05, 0.1) is 0 Å². The molecule has 4 heteroatoms. The first-order chi connectivity index (χ1) is 5.25. The minimum absolute atomic E-state index is 0.875. The van der Waals surface area contributed by atoms with E-state index in [9.17, 15) is 0 Å². The third-order valence-electron chi connectivity index (χ3n) is 1.39. The van der Waals surface area contributed by atoms with Crippen molar-refractivity contribution in [2.45, 2.75) is 0 Å². The van der Waals surface area contributed by atoms with E-state index in [1.54, 1.807) is 0 Å². The molecule has 2 heterocycles. The molecule has 2 nitrogen and oxygen atoms in total. The Morgan fingerprint density at radius 1 is 1.36 bits per heavy atom. The Morgan fingerprint density at radius 3 is 3.00 bits per heavy atom. The number of pyridine rings is 1. The molecule has 0 aromatic carbocycles. The molecular weight excluding hydrogens is 319 g/mol. The van der Waals surface area contributed by atoms with Crippen LogP contribution in [0.4, 0.5) is 0 Å². The number of hydrogen-bond acceptors (Lipinski definition) is 1. The number of aromatic nitrogens is 2. The number of imidazole rings is 1. The molecule has 0 amide bonds. The summed E-state index contributed by atoms with van der Waals surface area (Å²) in [6.45, 7) is 0. The van der Waals surface area contributed by atoms with Crippen molar-refractivity contribution >= 4 is 44.2 Å². The zero-order valence-corrected chi connectivity index (χ0v) is 9.20. The molecule has 0 spiro atoms. The summed E-state index contributed by atoms with van der Waals surface area (Å²) >= 11 is 5.59. The van der Waals surface area contributed by atoms with Gasteiger partial charge in [-0.15, -0.1) is 0 Å². The monoisotopic (exact) mass is 322 g/mol. The average Bonchev–Trinajstić information content (AvgIpc) is 2.27. The van der Waals surface area contributed by atoms with E-state index in [0.717, 1.165) is 10.3 Å². The maximum absolute atomic E-state index is 4.23. The first-order valence-electron chi connectivity index (χ1n) is 3.05. The van der Waals surface area contributed by atoms with Crippen LogP contribution >= 0.6 is 38.5 Å². The van der Waals surface area contributed by atoms with Crippen LogP contribution in [0.2, 0.25) is 0 Å². The van der Waals surface area contributed by atoms with Crippen molar-refractivity contribution < 1.29 is 0 Å². The van der Waals surface area contributed by atoms with Crippen molar-refractivity contribution in [3.63, 3.8) is 0 Å². The largest absolute Gasteiger partial charge is 0.305 e. The van der Waals surface area contributed by atoms with Crippen molar-refractivity contribution in [2.24, 2.45) is 0 Å². The molecule has 0 aliphatic rings. The van der Waals surface area contributed by atoms with E-state index in [0.29, 0.717) is 0 Å². The predicted octanol–water partition coefficient (Wildman–Crippen LogP) is 2.70. The molecule has 0 atom stereocenters. The summed E-state index contributed by atoms with van der Waals surface area (Å²) in [5.41, 5.74) is 0.970. The quantitative estimate of drug-likeness (QED) is 0.682. The van der Waals surface area contributed by atoms with E-state index in [-0.39, 0.29) is 0 Å². The maximum Gasteiger partial charge on any atom is 0.138 e. The third kappa shape index (κ3) is 1.41. The minimum Gasteiger partial charge on any atom is -0.305 e. The fraction of sp³-hybridized carbons (Fsp3) is 0. The first kappa shape index (κ1) is 7.54. The smallest absolute Gasteiger partial charge is 0.138 e. The van der Waals surface area contributed by atoms with Gasteiger partial charge in [-0.3, -0.25) is 0 Å². The zero-order chi connectivity index (χ0) is 7.84. The van der Waals surface area contributed by atoms with E-state index in [4.69, 9.17) is 0 Å². The van der Waals surface area contributed by atoms with Gasteiger partial charge >= 0.3 is 0 Å². The second kappa shape index (κ2) is 2.75. The number of halogens is 2. The second-order valence-corrected chi connectivity index (χ2v) is 4.23. The molecule has 0 radical (unpaired) electrons. The van der Waals surface area contributed by atoms with E-state index < -0.39 is 0 Å². The lowest BCUT2D eigenvalue weighted by Gasteiger charge is -1.91. The molecule has 2 aromatic rings. The number of hydrogen-bond donors (Lipinski definition) is 0. The lowest BCUT2D eigenvalue weighted by molar-refractivity contribution is 1.17. The molecular formula is C7H4BrIN2. The molecule has 0 saturated heterocycles. The van der Waals surface area contributed by atoms with Crippen LogP contribution in [0.3, 0.4) is 0 Å². The Labute approximate surface area is 85.9 Å². The van der Waals surface area contributed by atoms with Gasteiger partial charge in [-0.25, -0.2) is 4.98 Å². The molecule has 0 aliphatic carbocycles. The Balaban J connectivity index is 2.82. The highest BCUT2D eigenvalue weighted by molar-refractivity contribution is 14.1. The number of rotatable bonds is 0. The van der Waals surface area contributed by atoms with E-state index in [1.165, 1.54) is 3.57 Å². The second-order valence-electron chi connectivity index (χ2n) is 2.18. The van der Waals surface area contributed by atoms with E-state index in [1.807, 2.05) is 28.9 Å². The Morgan fingerprint density at radius 2 is 2.18 bits per heavy atom. The normalized spacial score (nSPS) is 10.7. The molecule has 2 rings (SSSR count). The highest BCUT2D eigenvalue weighted by Gasteiger charge is 1.96. The minimum atomic E-state index is 0.875. The molecule has 0 unspecified atom stereocenters. The predicted molar refractivity (Wildman–Crippen MR) is 55.6 cm³/mol. The third-order valence-corrected chi connectivity index (χ3v) is 2.41. The van der Waals surface area contributed by atoms with E-state index >= 15 is 0 Å². The summed E-state index contributed by atoms with van der Waals surface area (Å²) in [5.74, 6) is 0. The lowest BCUT2D eigenvalue weighted by Crippen LogP contribution is -1.82. The molecule has 0 N–H and O–H groups in total. The Bertz CT molecular complexity index is 396. The van der Waals surface area contributed by atoms with Crippen LogP contribution in [0.5, 0.6) is 0 Å². The van der Waals surface area contributed by atoms with Crippen LogP contribution in [0.1, 0.15) is 0 Å². The highest BCUT2D eigenvalue weighted by atomic mass is 127. The van der Waals surface area contributed by atoms with Crippen LogP contribution in [0.15, 0.2) is 29.1 Å². The molecule has 0 bridgehead atoms. The van der Waals surface area contributed by atoms with E-state index in [2.05, 4.69) is 43.5 Å². The van der Waals surface area contributed by atoms with Crippen LogP contribution in [-0.2, 0) is 0 Å². The first-order valence-corrected chi connectivity index (χ1v) is 4.92. The maximum atomic E-state index is 4.23. The van der Waals surface area contributed by atoms with Gasteiger partial charge < -0.3 is 4.40 Å². The Kier molecular flexibility index (Phi) is 1.88. The van der Waals surface area contributed by atoms with Gasteiger partial charge in [0.1, 0.15) is 10.3 Å². The summed E-state index contributed by atoms with van der Waals surface area (Å²) in [6, 6.07) is 4.03. The van der Waals surface area contributed by atoms with Gasteiger partial charge in [-0.1, -0.05) is 0 Å². The molecule has 0 saturated carbocycles. The van der Waals surface area contributed by atoms with Crippen LogP contribution in [0.25, 0.3) is 5.65 Å². The zero-order valence-electron chi connectivity index (χ0n) is 5.46. The van der Waals surface area contributed by atoms with Gasteiger partial charge in [-0.2, -0.15) is 0 Å². The molecule has 0 aliphatic heterocycles. The fourth-order valence-corrected chi connectivity index (χ4v) is 1.82. The number of fused-ring (bicyclic) bond motifs is 1. The molecule has 2 aromatic heterocycles. The van der Waals surface area contributed by atoms with Crippen molar-refractivity contribution in [1.82, 2.24) is 9.38 Å². The van der Waals surface area contributed by atoms with Crippen molar-refractivity contribution in [3.05, 3.63) is 32.7 Å².